The summed E-state index contributed by atoms with van der Waals surface area (Å²) in [4.78, 5) is 26.4. The van der Waals surface area contributed by atoms with Crippen LogP contribution >= 0.6 is 11.8 Å². The van der Waals surface area contributed by atoms with Gasteiger partial charge in [0.15, 0.2) is 0 Å². The van der Waals surface area contributed by atoms with Crippen molar-refractivity contribution in [3.05, 3.63) is 35.7 Å². The molecule has 1 heterocycles. The van der Waals surface area contributed by atoms with Gasteiger partial charge in [-0.2, -0.15) is 15.0 Å². The van der Waals surface area contributed by atoms with E-state index >= 15 is 0 Å². The number of para-hydroxylation sites is 1. The van der Waals surface area contributed by atoms with Crippen LogP contribution in [0.1, 0.15) is 25.2 Å². The molecular formula is C17H24N6OS. The Labute approximate surface area is 152 Å². The Morgan fingerprint density at radius 1 is 1.28 bits per heavy atom. The Morgan fingerprint density at radius 2 is 2.00 bits per heavy atom. The molecule has 0 spiro atoms. The fourth-order valence-corrected chi connectivity index (χ4v) is 2.80. The summed E-state index contributed by atoms with van der Waals surface area (Å²) in [6.07, 6.45) is 0. The molecule has 1 aromatic carbocycles. The van der Waals surface area contributed by atoms with Crippen molar-refractivity contribution in [2.75, 3.05) is 23.9 Å². The lowest BCUT2D eigenvalue weighted by atomic mass is 10.2. The zero-order valence-electron chi connectivity index (χ0n) is 15.0. The Hall–Kier alpha value is -2.35. The zero-order chi connectivity index (χ0) is 18.4. The van der Waals surface area contributed by atoms with E-state index in [1.807, 2.05) is 45.0 Å². The predicted molar refractivity (Wildman–Crippen MR) is 103 cm³/mol. The number of anilines is 3. The Bertz CT molecular complexity index is 737. The highest BCUT2D eigenvalue weighted by Gasteiger charge is 2.13. The highest BCUT2D eigenvalue weighted by Crippen LogP contribution is 2.19. The van der Waals surface area contributed by atoms with Crippen LogP contribution in [0, 0.1) is 6.92 Å². The average Bonchev–Trinajstić information content (AvgIpc) is 2.55. The minimum Gasteiger partial charge on any atom is -0.368 e. The number of aryl methyl sites for hydroxylation is 1. The third-order valence-electron chi connectivity index (χ3n) is 3.72. The van der Waals surface area contributed by atoms with Crippen LogP contribution in [0.4, 0.5) is 17.6 Å². The standard InChI is InChI=1S/C17H24N6OS/c1-11(2)23(4)15(24)10-25-9-14-20-16(18)22-17(21-14)19-13-8-6-5-7-12(13)3/h5-8,11H,9-10H2,1-4H3,(H3,18,19,20,21,22). The second-order valence-corrected chi connectivity index (χ2v) is 6.95. The third kappa shape index (κ3) is 5.60. The lowest BCUT2D eigenvalue weighted by Gasteiger charge is -2.21. The minimum absolute atomic E-state index is 0.0836. The van der Waals surface area contributed by atoms with Gasteiger partial charge in [0, 0.05) is 18.8 Å². The molecule has 0 radical (unpaired) electrons. The number of nitrogens with one attached hydrogen (secondary N) is 1. The van der Waals surface area contributed by atoms with Crippen molar-refractivity contribution in [2.45, 2.75) is 32.6 Å². The molecule has 0 saturated carbocycles. The average molecular weight is 360 g/mol. The summed E-state index contributed by atoms with van der Waals surface area (Å²) in [6, 6.07) is 8.04. The van der Waals surface area contributed by atoms with Gasteiger partial charge in [-0.3, -0.25) is 4.79 Å². The molecule has 8 heteroatoms. The fourth-order valence-electron chi connectivity index (χ4n) is 2.01. The first-order valence-corrected chi connectivity index (χ1v) is 9.18. The van der Waals surface area contributed by atoms with Gasteiger partial charge in [0.1, 0.15) is 5.82 Å². The van der Waals surface area contributed by atoms with Crippen LogP contribution in [-0.2, 0) is 10.5 Å². The molecule has 2 rings (SSSR count). The van der Waals surface area contributed by atoms with Gasteiger partial charge >= 0.3 is 0 Å². The van der Waals surface area contributed by atoms with E-state index in [2.05, 4.69) is 20.3 Å². The van der Waals surface area contributed by atoms with Crippen molar-refractivity contribution >= 4 is 35.3 Å². The maximum atomic E-state index is 12.0. The molecular weight excluding hydrogens is 336 g/mol. The maximum Gasteiger partial charge on any atom is 0.232 e. The molecule has 2 aromatic rings. The molecule has 0 unspecified atom stereocenters. The number of hydrogen-bond acceptors (Lipinski definition) is 7. The minimum atomic E-state index is 0.0836. The van der Waals surface area contributed by atoms with E-state index < -0.39 is 0 Å². The molecule has 0 atom stereocenters. The van der Waals surface area contributed by atoms with E-state index in [9.17, 15) is 4.79 Å². The van der Waals surface area contributed by atoms with E-state index in [0.717, 1.165) is 11.3 Å². The Balaban J connectivity index is 1.99. The number of nitrogens with zero attached hydrogens (tertiary/aromatic N) is 4. The highest BCUT2D eigenvalue weighted by molar-refractivity contribution is 7.99. The Morgan fingerprint density at radius 3 is 2.68 bits per heavy atom. The molecule has 1 aromatic heterocycles. The van der Waals surface area contributed by atoms with E-state index in [1.54, 1.807) is 11.9 Å². The van der Waals surface area contributed by atoms with Crippen LogP contribution in [0.3, 0.4) is 0 Å². The van der Waals surface area contributed by atoms with E-state index in [1.165, 1.54) is 11.8 Å². The van der Waals surface area contributed by atoms with Crippen molar-refractivity contribution in [1.82, 2.24) is 19.9 Å². The summed E-state index contributed by atoms with van der Waals surface area (Å²) < 4.78 is 0. The second kappa shape index (κ2) is 8.66. The zero-order valence-corrected chi connectivity index (χ0v) is 15.8. The van der Waals surface area contributed by atoms with Gasteiger partial charge in [-0.05, 0) is 32.4 Å². The molecule has 0 aliphatic heterocycles. The van der Waals surface area contributed by atoms with Crippen LogP contribution in [0.25, 0.3) is 0 Å². The lowest BCUT2D eigenvalue weighted by molar-refractivity contribution is -0.128. The first-order valence-electron chi connectivity index (χ1n) is 8.03. The summed E-state index contributed by atoms with van der Waals surface area (Å²) in [6.45, 7) is 5.97. The lowest BCUT2D eigenvalue weighted by Crippen LogP contribution is -2.34. The first kappa shape index (κ1) is 19.0. The smallest absolute Gasteiger partial charge is 0.232 e. The number of nitrogen functional groups attached to an aromatic ring is 1. The largest absolute Gasteiger partial charge is 0.368 e. The topological polar surface area (TPSA) is 97.0 Å². The number of amides is 1. The number of thioether (sulfide) groups is 1. The summed E-state index contributed by atoms with van der Waals surface area (Å²) in [7, 11) is 1.80. The molecule has 7 nitrogen and oxygen atoms in total. The number of carbonyl (C=O) groups excluding carboxylic acids is 1. The molecule has 0 fully saturated rings. The van der Waals surface area contributed by atoms with Gasteiger partial charge in [-0.15, -0.1) is 11.8 Å². The second-order valence-electron chi connectivity index (χ2n) is 5.96. The van der Waals surface area contributed by atoms with Crippen molar-refractivity contribution < 1.29 is 4.79 Å². The molecule has 1 amide bonds. The number of benzene rings is 1. The van der Waals surface area contributed by atoms with E-state index in [4.69, 9.17) is 5.73 Å². The fraction of sp³-hybridized carbons (Fsp3) is 0.412. The number of nitrogens with two attached hydrogens (primary N) is 1. The number of aromatic nitrogens is 3. The van der Waals surface area contributed by atoms with Crippen LogP contribution in [-0.4, -0.2) is 44.6 Å². The van der Waals surface area contributed by atoms with Gasteiger partial charge in [0.25, 0.3) is 0 Å². The van der Waals surface area contributed by atoms with Crippen molar-refractivity contribution in [2.24, 2.45) is 0 Å². The molecule has 0 aliphatic carbocycles. The predicted octanol–water partition coefficient (Wildman–Crippen LogP) is 2.61. The molecule has 134 valence electrons. The number of hydrogen-bond donors (Lipinski definition) is 2. The van der Waals surface area contributed by atoms with Gasteiger partial charge in [-0.25, -0.2) is 0 Å². The summed E-state index contributed by atoms with van der Waals surface area (Å²) in [5, 5.41) is 3.16. The van der Waals surface area contributed by atoms with Gasteiger partial charge in [0.05, 0.1) is 11.5 Å². The molecule has 3 N–H and O–H groups in total. The van der Waals surface area contributed by atoms with Crippen LogP contribution < -0.4 is 11.1 Å². The normalized spacial score (nSPS) is 10.8. The van der Waals surface area contributed by atoms with Gasteiger partial charge in [-0.1, -0.05) is 18.2 Å². The summed E-state index contributed by atoms with van der Waals surface area (Å²) in [5.74, 6) is 2.07. The van der Waals surface area contributed by atoms with E-state index in [0.29, 0.717) is 23.3 Å². The quantitative estimate of drug-likeness (QED) is 0.783. The molecule has 0 bridgehead atoms. The molecule has 0 aliphatic rings. The monoisotopic (exact) mass is 360 g/mol. The van der Waals surface area contributed by atoms with Crippen molar-refractivity contribution in [3.63, 3.8) is 0 Å². The first-order chi connectivity index (χ1) is 11.9. The van der Waals surface area contributed by atoms with E-state index in [-0.39, 0.29) is 17.9 Å². The van der Waals surface area contributed by atoms with Crippen molar-refractivity contribution in [1.29, 1.82) is 0 Å². The SMILES string of the molecule is Cc1ccccc1Nc1nc(N)nc(CSCC(=O)N(C)C(C)C)n1. The molecule has 0 saturated heterocycles. The third-order valence-corrected chi connectivity index (χ3v) is 4.63. The summed E-state index contributed by atoms with van der Waals surface area (Å²) >= 11 is 1.46. The number of rotatable bonds is 7. The Kier molecular flexibility index (Phi) is 6.58. The van der Waals surface area contributed by atoms with Crippen LogP contribution in [0.15, 0.2) is 24.3 Å². The maximum absolute atomic E-state index is 12.0. The highest BCUT2D eigenvalue weighted by atomic mass is 32.2. The van der Waals surface area contributed by atoms with Crippen LogP contribution in [0.2, 0.25) is 0 Å². The summed E-state index contributed by atoms with van der Waals surface area (Å²) in [5.41, 5.74) is 7.78. The van der Waals surface area contributed by atoms with Crippen LogP contribution in [0.5, 0.6) is 0 Å². The molecule has 25 heavy (non-hydrogen) atoms. The number of carbonyl (C=O) groups is 1. The van der Waals surface area contributed by atoms with Gasteiger partial charge < -0.3 is 16.0 Å². The van der Waals surface area contributed by atoms with Crippen molar-refractivity contribution in [3.8, 4) is 0 Å². The van der Waals surface area contributed by atoms with Gasteiger partial charge in [0.2, 0.25) is 17.8 Å².